The maximum Gasteiger partial charge on any atom is 0.258 e. The van der Waals surface area contributed by atoms with E-state index in [0.29, 0.717) is 11.3 Å². The zero-order chi connectivity index (χ0) is 33.2. The van der Waals surface area contributed by atoms with E-state index in [1.165, 1.54) is 26.2 Å². The Morgan fingerprint density at radius 2 is 1.48 bits per heavy atom. The molecule has 0 aromatic heterocycles. The van der Waals surface area contributed by atoms with Crippen molar-refractivity contribution < 1.29 is 29.1 Å². The van der Waals surface area contributed by atoms with Gasteiger partial charge >= 0.3 is 0 Å². The molecule has 0 aliphatic heterocycles. The summed E-state index contributed by atoms with van der Waals surface area (Å²) in [7, 11) is 1.42. The molecule has 2 saturated carbocycles. The van der Waals surface area contributed by atoms with Crippen LogP contribution >= 0.6 is 11.6 Å². The average Bonchev–Trinajstić information content (AvgIpc) is 3.73. The molecule has 1 atom stereocenters. The molecular formula is C32H42ClN7O6. The molecule has 0 bridgehead atoms. The number of halogens is 1. The van der Waals surface area contributed by atoms with Crippen molar-refractivity contribution in [2.45, 2.75) is 82.1 Å². The van der Waals surface area contributed by atoms with Crippen LogP contribution in [0.15, 0.2) is 50.5 Å². The van der Waals surface area contributed by atoms with Gasteiger partial charge in [0.25, 0.3) is 5.91 Å². The number of nitrogens with zero attached hydrogens (tertiary/aromatic N) is 4. The van der Waals surface area contributed by atoms with E-state index in [1.54, 1.807) is 0 Å². The molecule has 0 heterocycles. The Morgan fingerprint density at radius 3 is 1.93 bits per heavy atom. The van der Waals surface area contributed by atoms with Gasteiger partial charge in [0.2, 0.25) is 6.04 Å². The van der Waals surface area contributed by atoms with E-state index < -0.39 is 28.9 Å². The number of aliphatic hydroxyl groups excluding tert-OH is 1. The number of rotatable bonds is 17. The number of amides is 1. The molecule has 2 fully saturated rings. The number of carbonyl (C=O) groups is 2. The Morgan fingerprint density at radius 1 is 0.935 bits per heavy atom. The number of methoxy groups -OCH3 is 1. The van der Waals surface area contributed by atoms with Crippen LogP contribution < -0.4 is 21.0 Å². The molecule has 2 aliphatic rings. The summed E-state index contributed by atoms with van der Waals surface area (Å²) in [6.07, 6.45) is 6.94. The zero-order valence-electron chi connectivity index (χ0n) is 26.3. The van der Waals surface area contributed by atoms with Gasteiger partial charge in [0.05, 0.1) is 25.1 Å². The smallest absolute Gasteiger partial charge is 0.258 e. The van der Waals surface area contributed by atoms with Crippen LogP contribution in [0.25, 0.3) is 0 Å². The van der Waals surface area contributed by atoms with Gasteiger partial charge in [-0.2, -0.15) is 21.2 Å². The summed E-state index contributed by atoms with van der Waals surface area (Å²) in [6, 6.07) is 7.32. The highest BCUT2D eigenvalue weighted by Crippen LogP contribution is 2.47. The van der Waals surface area contributed by atoms with E-state index in [-0.39, 0.29) is 36.4 Å². The van der Waals surface area contributed by atoms with E-state index in [9.17, 15) is 14.7 Å². The highest BCUT2D eigenvalue weighted by atomic mass is 35.5. The van der Waals surface area contributed by atoms with E-state index >= 15 is 0 Å². The molecule has 0 radical (unpaired) electrons. The van der Waals surface area contributed by atoms with Gasteiger partial charge < -0.3 is 15.2 Å². The van der Waals surface area contributed by atoms with Gasteiger partial charge in [-0.3, -0.25) is 29.2 Å². The summed E-state index contributed by atoms with van der Waals surface area (Å²) in [5.41, 5.74) is 7.32. The number of hydrogen-bond donors (Lipinski definition) is 4. The van der Waals surface area contributed by atoms with Crippen molar-refractivity contribution in [3.05, 3.63) is 52.0 Å². The van der Waals surface area contributed by atoms with Gasteiger partial charge in [0, 0.05) is 11.1 Å². The van der Waals surface area contributed by atoms with Gasteiger partial charge in [0.15, 0.2) is 5.78 Å². The minimum Gasteiger partial charge on any atom is -0.495 e. The zero-order valence-corrected chi connectivity index (χ0v) is 27.1. The van der Waals surface area contributed by atoms with Gasteiger partial charge in [-0.1, -0.05) is 37.3 Å². The minimum absolute atomic E-state index is 0.229. The largest absolute Gasteiger partial charge is 0.495 e. The van der Waals surface area contributed by atoms with Gasteiger partial charge in [-0.05, 0) is 87.0 Å². The maximum absolute atomic E-state index is 13.4. The van der Waals surface area contributed by atoms with Crippen molar-refractivity contribution in [2.75, 3.05) is 25.8 Å². The molecule has 2 aliphatic carbocycles. The fraction of sp³-hybridized carbons (Fsp3) is 0.500. The van der Waals surface area contributed by atoms with E-state index in [0.717, 1.165) is 62.5 Å². The highest BCUT2D eigenvalue weighted by Gasteiger charge is 2.42. The molecule has 1 amide bonds. The molecule has 13 nitrogen and oxygen atoms in total. The van der Waals surface area contributed by atoms with Crippen molar-refractivity contribution in [3.8, 4) is 5.75 Å². The minimum atomic E-state index is -1.46. The second kappa shape index (κ2) is 16.3. The molecule has 2 aromatic carbocycles. The van der Waals surface area contributed by atoms with Gasteiger partial charge in [0.1, 0.15) is 30.3 Å². The van der Waals surface area contributed by atoms with Crippen LogP contribution in [0.4, 0.5) is 11.4 Å². The quantitative estimate of drug-likeness (QED) is 0.0576. The van der Waals surface area contributed by atoms with Gasteiger partial charge in [-0.25, -0.2) is 0 Å². The molecule has 1 unspecified atom stereocenters. The fourth-order valence-corrected chi connectivity index (χ4v) is 6.26. The number of aliphatic imine (C=N–C) groups is 2. The standard InChI is InChI=1S/C32H42ClN7O6/c1-21(42)29(30(43)38-27-13-22(18-41)26(33)17-28(27)44-4)40-39-25-15-23(31(9-5-6-10-31)45-36-19-34-2)14-24(16-25)32(11-7-8-12-32)46-37-20-35-3/h13-17,29,36-37,41H,2-3,5-12,18-20H2,1,4H3,(H,38,43). The number of nitrogens with one attached hydrogen (secondary N) is 3. The Kier molecular flexibility index (Phi) is 12.5. The first-order valence-corrected chi connectivity index (χ1v) is 15.6. The third-order valence-corrected chi connectivity index (χ3v) is 8.75. The van der Waals surface area contributed by atoms with Crippen molar-refractivity contribution in [1.29, 1.82) is 0 Å². The molecule has 14 heteroatoms. The number of hydroxylamine groups is 2. The summed E-state index contributed by atoms with van der Waals surface area (Å²) >= 11 is 6.18. The number of carbonyl (C=O) groups excluding carboxylic acids is 2. The van der Waals surface area contributed by atoms with Crippen LogP contribution in [-0.4, -0.2) is 56.7 Å². The van der Waals surface area contributed by atoms with Crippen LogP contribution in [0.2, 0.25) is 5.02 Å². The Balaban J connectivity index is 1.73. The monoisotopic (exact) mass is 655 g/mol. The first-order chi connectivity index (χ1) is 22.2. The third-order valence-electron chi connectivity index (χ3n) is 8.40. The Labute approximate surface area is 273 Å². The molecule has 0 saturated heterocycles. The summed E-state index contributed by atoms with van der Waals surface area (Å²) < 4.78 is 5.34. The topological polar surface area (TPSA) is 168 Å². The molecule has 0 spiro atoms. The molecule has 248 valence electrons. The van der Waals surface area contributed by atoms with Crippen LogP contribution in [-0.2, 0) is 37.1 Å². The van der Waals surface area contributed by atoms with E-state index in [2.05, 4.69) is 56.0 Å². The number of ether oxygens (including phenoxy) is 1. The summed E-state index contributed by atoms with van der Waals surface area (Å²) in [4.78, 5) is 46.2. The SMILES string of the molecule is C=NCNOC1(c2cc(N=NC(C(C)=O)C(=O)Nc3cc(CO)c(Cl)cc3OC)cc(C3(ONCN=C)CCCC3)c2)CCCC1. The normalized spacial score (nSPS) is 17.6. The third kappa shape index (κ3) is 8.21. The number of hydrogen-bond acceptors (Lipinski definition) is 12. The first kappa shape index (κ1) is 35.3. The number of ketones is 1. The molecule has 2 aromatic rings. The number of anilines is 1. The van der Waals surface area contributed by atoms with Crippen molar-refractivity contribution >= 4 is 48.1 Å². The van der Waals surface area contributed by atoms with Crippen molar-refractivity contribution in [3.63, 3.8) is 0 Å². The number of Topliss-reactive ketones (excluding diaryl/α,β-unsaturated/α-hetero) is 1. The predicted molar refractivity (Wildman–Crippen MR) is 176 cm³/mol. The summed E-state index contributed by atoms with van der Waals surface area (Å²) in [5, 5.41) is 21.3. The summed E-state index contributed by atoms with van der Waals surface area (Å²) in [6.45, 7) is 8.42. The predicted octanol–water partition coefficient (Wildman–Crippen LogP) is 5.42. The Hall–Kier alpha value is -3.59. The molecule has 4 rings (SSSR count). The molecular weight excluding hydrogens is 614 g/mol. The van der Waals surface area contributed by atoms with Crippen molar-refractivity contribution in [1.82, 2.24) is 11.0 Å². The average molecular weight is 656 g/mol. The van der Waals surface area contributed by atoms with E-state index in [4.69, 9.17) is 26.0 Å². The first-order valence-electron chi connectivity index (χ1n) is 15.2. The van der Waals surface area contributed by atoms with Crippen LogP contribution in [0, 0.1) is 0 Å². The lowest BCUT2D eigenvalue weighted by Crippen LogP contribution is -2.36. The molecule has 46 heavy (non-hydrogen) atoms. The lowest BCUT2D eigenvalue weighted by molar-refractivity contribution is -0.126. The lowest BCUT2D eigenvalue weighted by Gasteiger charge is -2.33. The van der Waals surface area contributed by atoms with Crippen LogP contribution in [0.1, 0.15) is 75.0 Å². The Bertz CT molecular complexity index is 1390. The second-order valence-corrected chi connectivity index (χ2v) is 11.9. The second-order valence-electron chi connectivity index (χ2n) is 11.4. The number of azo groups is 1. The van der Waals surface area contributed by atoms with Crippen LogP contribution in [0.3, 0.4) is 0 Å². The molecule has 4 N–H and O–H groups in total. The van der Waals surface area contributed by atoms with E-state index in [1.807, 2.05) is 12.1 Å². The maximum atomic E-state index is 13.4. The number of benzene rings is 2. The van der Waals surface area contributed by atoms with Crippen molar-refractivity contribution in [2.24, 2.45) is 20.2 Å². The fourth-order valence-electron chi connectivity index (χ4n) is 6.05. The van der Waals surface area contributed by atoms with Gasteiger partial charge in [-0.15, -0.1) is 0 Å². The van der Waals surface area contributed by atoms with Crippen LogP contribution in [0.5, 0.6) is 5.75 Å². The lowest BCUT2D eigenvalue weighted by atomic mass is 9.85. The highest BCUT2D eigenvalue weighted by molar-refractivity contribution is 6.31. The summed E-state index contributed by atoms with van der Waals surface area (Å²) in [5.74, 6) is -0.969. The number of aliphatic hydroxyl groups is 1.